The van der Waals surface area contributed by atoms with E-state index in [4.69, 9.17) is 5.11 Å². The van der Waals surface area contributed by atoms with Gasteiger partial charge in [0.05, 0.1) is 11.5 Å². The molecule has 0 radical (unpaired) electrons. The topological polar surface area (TPSA) is 40.5 Å². The molecule has 1 fully saturated rings. The lowest BCUT2D eigenvalue weighted by Crippen LogP contribution is -2.22. The lowest BCUT2D eigenvalue weighted by Gasteiger charge is -2.23. The number of aliphatic carboxylic acids is 1. The van der Waals surface area contributed by atoms with Crippen molar-refractivity contribution in [1.29, 1.82) is 0 Å². The van der Waals surface area contributed by atoms with Crippen molar-refractivity contribution in [1.82, 2.24) is 0 Å². The van der Waals surface area contributed by atoms with Crippen LogP contribution in [0.3, 0.4) is 0 Å². The van der Waals surface area contributed by atoms with Crippen molar-refractivity contribution < 1.29 is 23.1 Å². The molecule has 20 heavy (non-hydrogen) atoms. The maximum Gasteiger partial charge on any atom is 0.418 e. The van der Waals surface area contributed by atoms with Gasteiger partial charge in [-0.25, -0.2) is 0 Å². The van der Waals surface area contributed by atoms with Gasteiger partial charge in [-0.05, 0) is 37.5 Å². The van der Waals surface area contributed by atoms with Gasteiger partial charge in [-0.1, -0.05) is 6.07 Å². The zero-order valence-electron chi connectivity index (χ0n) is 11.1. The molecular weight excluding hydrogens is 271 g/mol. The van der Waals surface area contributed by atoms with Gasteiger partial charge in [-0.2, -0.15) is 13.2 Å². The second-order valence-corrected chi connectivity index (χ2v) is 5.03. The predicted molar refractivity (Wildman–Crippen MR) is 68.9 cm³/mol. The fraction of sp³-hybridized carbons (Fsp3) is 0.500. The fourth-order valence-electron chi connectivity index (χ4n) is 2.43. The van der Waals surface area contributed by atoms with Crippen LogP contribution in [0.4, 0.5) is 18.9 Å². The van der Waals surface area contributed by atoms with E-state index in [1.165, 1.54) is 19.1 Å². The number of anilines is 1. The molecule has 2 rings (SSSR count). The summed E-state index contributed by atoms with van der Waals surface area (Å²) in [4.78, 5) is 12.6. The maximum absolute atomic E-state index is 13.2. The molecule has 1 unspecified atom stereocenters. The summed E-state index contributed by atoms with van der Waals surface area (Å²) in [5.74, 6) is -2.09. The molecule has 0 aromatic heterocycles. The van der Waals surface area contributed by atoms with Crippen LogP contribution in [-0.4, -0.2) is 24.2 Å². The molecule has 1 aromatic carbocycles. The first kappa shape index (κ1) is 14.7. The SMILES string of the molecule is CC(C(=O)O)c1ccc(N2CCCC2)c(C(F)(F)F)c1. The van der Waals surface area contributed by atoms with Crippen molar-refractivity contribution in [2.45, 2.75) is 31.9 Å². The van der Waals surface area contributed by atoms with Crippen LogP contribution in [0.25, 0.3) is 0 Å². The molecule has 0 saturated carbocycles. The third-order valence-corrected chi connectivity index (χ3v) is 3.64. The molecule has 1 saturated heterocycles. The summed E-state index contributed by atoms with van der Waals surface area (Å²) >= 11 is 0. The van der Waals surface area contributed by atoms with Crippen molar-refractivity contribution in [2.75, 3.05) is 18.0 Å². The number of rotatable bonds is 3. The van der Waals surface area contributed by atoms with Gasteiger partial charge in [0.15, 0.2) is 0 Å². The van der Waals surface area contributed by atoms with E-state index in [0.29, 0.717) is 13.1 Å². The largest absolute Gasteiger partial charge is 0.481 e. The van der Waals surface area contributed by atoms with Crippen molar-refractivity contribution in [3.63, 3.8) is 0 Å². The van der Waals surface area contributed by atoms with Crippen LogP contribution < -0.4 is 4.90 Å². The Kier molecular flexibility index (Phi) is 3.92. The number of alkyl halides is 3. The Bertz CT molecular complexity index is 508. The number of benzene rings is 1. The van der Waals surface area contributed by atoms with Crippen LogP contribution in [0.2, 0.25) is 0 Å². The summed E-state index contributed by atoms with van der Waals surface area (Å²) in [6.07, 6.45) is -2.72. The quantitative estimate of drug-likeness (QED) is 0.925. The lowest BCUT2D eigenvalue weighted by atomic mass is 9.97. The number of carboxylic acids is 1. The van der Waals surface area contributed by atoms with Crippen molar-refractivity contribution in [3.05, 3.63) is 29.3 Å². The maximum atomic E-state index is 13.2. The standard InChI is InChI=1S/C14H16F3NO2/c1-9(13(19)20)10-4-5-12(18-6-2-3-7-18)11(8-10)14(15,16)17/h4-5,8-9H,2-3,6-7H2,1H3,(H,19,20). The zero-order chi connectivity index (χ0) is 14.9. The minimum Gasteiger partial charge on any atom is -0.481 e. The number of nitrogens with zero attached hydrogens (tertiary/aromatic N) is 1. The summed E-state index contributed by atoms with van der Waals surface area (Å²) in [5.41, 5.74) is -0.422. The minimum atomic E-state index is -4.48. The lowest BCUT2D eigenvalue weighted by molar-refractivity contribution is -0.139. The highest BCUT2D eigenvalue weighted by Crippen LogP contribution is 2.39. The van der Waals surface area contributed by atoms with Crippen LogP contribution in [0, 0.1) is 0 Å². The number of hydrogen-bond acceptors (Lipinski definition) is 2. The van der Waals surface area contributed by atoms with E-state index in [2.05, 4.69) is 0 Å². The Morgan fingerprint density at radius 1 is 1.30 bits per heavy atom. The first-order chi connectivity index (χ1) is 9.30. The average Bonchev–Trinajstić information content (AvgIpc) is 2.89. The number of halogens is 3. The monoisotopic (exact) mass is 287 g/mol. The van der Waals surface area contributed by atoms with Crippen LogP contribution in [-0.2, 0) is 11.0 Å². The molecule has 1 N–H and O–H groups in total. The van der Waals surface area contributed by atoms with Gasteiger partial charge in [0.2, 0.25) is 0 Å². The molecule has 0 aliphatic carbocycles. The van der Waals surface area contributed by atoms with E-state index in [1.807, 2.05) is 0 Å². The molecule has 110 valence electrons. The van der Waals surface area contributed by atoms with E-state index in [-0.39, 0.29) is 11.3 Å². The van der Waals surface area contributed by atoms with E-state index >= 15 is 0 Å². The Hall–Kier alpha value is -1.72. The summed E-state index contributed by atoms with van der Waals surface area (Å²) in [7, 11) is 0. The van der Waals surface area contributed by atoms with Gasteiger partial charge in [-0.3, -0.25) is 4.79 Å². The normalized spacial score (nSPS) is 17.3. The van der Waals surface area contributed by atoms with Crippen molar-refractivity contribution in [2.24, 2.45) is 0 Å². The summed E-state index contributed by atoms with van der Waals surface area (Å²) in [6, 6.07) is 3.83. The minimum absolute atomic E-state index is 0.149. The highest BCUT2D eigenvalue weighted by atomic mass is 19.4. The van der Waals surface area contributed by atoms with Gasteiger partial charge in [-0.15, -0.1) is 0 Å². The molecule has 6 heteroatoms. The van der Waals surface area contributed by atoms with E-state index in [9.17, 15) is 18.0 Å². The highest BCUT2D eigenvalue weighted by molar-refractivity contribution is 5.76. The summed E-state index contributed by atoms with van der Waals surface area (Å²) in [5, 5.41) is 8.92. The van der Waals surface area contributed by atoms with Crippen molar-refractivity contribution >= 4 is 11.7 Å². The van der Waals surface area contributed by atoms with Gasteiger partial charge in [0.1, 0.15) is 0 Å². The molecule has 1 heterocycles. The third kappa shape index (κ3) is 2.89. The second-order valence-electron chi connectivity index (χ2n) is 5.03. The number of hydrogen-bond donors (Lipinski definition) is 1. The molecule has 0 bridgehead atoms. The highest BCUT2D eigenvalue weighted by Gasteiger charge is 2.36. The zero-order valence-corrected chi connectivity index (χ0v) is 11.1. The smallest absolute Gasteiger partial charge is 0.418 e. The van der Waals surface area contributed by atoms with Gasteiger partial charge in [0, 0.05) is 18.8 Å². The van der Waals surface area contributed by atoms with Crippen LogP contribution in [0.15, 0.2) is 18.2 Å². The summed E-state index contributed by atoms with van der Waals surface area (Å²) < 4.78 is 39.5. The molecule has 3 nitrogen and oxygen atoms in total. The van der Waals surface area contributed by atoms with E-state index in [1.54, 1.807) is 4.90 Å². The predicted octanol–water partition coefficient (Wildman–Crippen LogP) is 3.49. The average molecular weight is 287 g/mol. The first-order valence-corrected chi connectivity index (χ1v) is 6.49. The number of carboxylic acid groups (broad SMARTS) is 1. The third-order valence-electron chi connectivity index (χ3n) is 3.64. The van der Waals surface area contributed by atoms with Crippen LogP contribution in [0.1, 0.15) is 36.8 Å². The Labute approximate surface area is 115 Å². The first-order valence-electron chi connectivity index (χ1n) is 6.49. The summed E-state index contributed by atoms with van der Waals surface area (Å²) in [6.45, 7) is 2.60. The molecule has 0 amide bonds. The second kappa shape index (κ2) is 5.34. The van der Waals surface area contributed by atoms with Crippen LogP contribution >= 0.6 is 0 Å². The fourth-order valence-corrected chi connectivity index (χ4v) is 2.43. The van der Waals surface area contributed by atoms with Gasteiger partial charge >= 0.3 is 12.1 Å². The molecule has 0 spiro atoms. The molecule has 1 aliphatic heterocycles. The Morgan fingerprint density at radius 3 is 2.40 bits per heavy atom. The molecular formula is C14H16F3NO2. The Morgan fingerprint density at radius 2 is 1.90 bits per heavy atom. The Balaban J connectivity index is 2.45. The van der Waals surface area contributed by atoms with E-state index in [0.717, 1.165) is 18.9 Å². The van der Waals surface area contributed by atoms with Crippen molar-refractivity contribution in [3.8, 4) is 0 Å². The van der Waals surface area contributed by atoms with E-state index < -0.39 is 23.6 Å². The van der Waals surface area contributed by atoms with Gasteiger partial charge in [0.25, 0.3) is 0 Å². The molecule has 1 aliphatic rings. The van der Waals surface area contributed by atoms with Crippen LogP contribution in [0.5, 0.6) is 0 Å². The molecule has 1 atom stereocenters. The number of carbonyl (C=O) groups is 1. The van der Waals surface area contributed by atoms with Gasteiger partial charge < -0.3 is 10.0 Å². The molecule has 1 aromatic rings.